The van der Waals surface area contributed by atoms with Gasteiger partial charge in [-0.15, -0.1) is 0 Å². The molecule has 2 heteroatoms. The summed E-state index contributed by atoms with van der Waals surface area (Å²) >= 11 is 0. The molecule has 0 amide bonds. The molecule has 1 saturated heterocycles. The minimum atomic E-state index is 0.433. The quantitative estimate of drug-likeness (QED) is 0.893. The zero-order valence-corrected chi connectivity index (χ0v) is 12.8. The molecule has 0 radical (unpaired) electrons. The first-order chi connectivity index (χ1) is 9.06. The molecule has 0 bridgehead atoms. The topological polar surface area (TPSA) is 15.3 Å². The second-order valence-electron chi connectivity index (χ2n) is 6.25. The van der Waals surface area contributed by atoms with Gasteiger partial charge in [-0.1, -0.05) is 29.8 Å². The largest absolute Gasteiger partial charge is 0.307 e. The molecule has 3 unspecified atom stereocenters. The van der Waals surface area contributed by atoms with Gasteiger partial charge in [0.1, 0.15) is 0 Å². The van der Waals surface area contributed by atoms with Crippen molar-refractivity contribution in [2.45, 2.75) is 45.7 Å². The number of piperidine rings is 1. The summed E-state index contributed by atoms with van der Waals surface area (Å²) in [6.07, 6.45) is 2.70. The van der Waals surface area contributed by atoms with E-state index in [2.05, 4.69) is 62.3 Å². The third kappa shape index (κ3) is 4.05. The number of hydrogen-bond donors (Lipinski definition) is 1. The van der Waals surface area contributed by atoms with Crippen LogP contribution in [0.1, 0.15) is 43.9 Å². The Morgan fingerprint density at radius 3 is 2.53 bits per heavy atom. The number of likely N-dealkylation sites (tertiary alicyclic amines) is 1. The van der Waals surface area contributed by atoms with Gasteiger partial charge in [0.05, 0.1) is 0 Å². The van der Waals surface area contributed by atoms with Crippen molar-refractivity contribution in [1.29, 1.82) is 0 Å². The van der Waals surface area contributed by atoms with Crippen LogP contribution >= 0.6 is 0 Å². The Bertz CT molecular complexity index is 385. The molecule has 1 aliphatic heterocycles. The van der Waals surface area contributed by atoms with Crippen LogP contribution < -0.4 is 5.32 Å². The van der Waals surface area contributed by atoms with Crippen LogP contribution in [0.3, 0.4) is 0 Å². The molecule has 19 heavy (non-hydrogen) atoms. The summed E-state index contributed by atoms with van der Waals surface area (Å²) in [4.78, 5) is 2.46. The lowest BCUT2D eigenvalue weighted by Crippen LogP contribution is -2.43. The van der Waals surface area contributed by atoms with Crippen LogP contribution in [0.15, 0.2) is 24.3 Å². The molecular formula is C17H28N2. The minimum Gasteiger partial charge on any atom is -0.307 e. The molecule has 0 aliphatic carbocycles. The van der Waals surface area contributed by atoms with E-state index in [4.69, 9.17) is 0 Å². The van der Waals surface area contributed by atoms with E-state index in [1.807, 2.05) is 0 Å². The number of nitrogens with zero attached hydrogens (tertiary/aromatic N) is 1. The first kappa shape index (κ1) is 14.5. The molecule has 2 nitrogen and oxygen atoms in total. The van der Waals surface area contributed by atoms with Gasteiger partial charge in [-0.2, -0.15) is 0 Å². The Labute approximate surface area is 118 Å². The molecule has 1 fully saturated rings. The summed E-state index contributed by atoms with van der Waals surface area (Å²) < 4.78 is 0. The van der Waals surface area contributed by atoms with Gasteiger partial charge in [-0.05, 0) is 58.7 Å². The lowest BCUT2D eigenvalue weighted by Gasteiger charge is -2.35. The highest BCUT2D eigenvalue weighted by Crippen LogP contribution is 2.21. The SMILES string of the molecule is Cc1ccc(C(C)NC(C)C2CCCN(C)C2)cc1. The van der Waals surface area contributed by atoms with Crippen molar-refractivity contribution in [2.24, 2.45) is 5.92 Å². The van der Waals surface area contributed by atoms with Gasteiger partial charge < -0.3 is 10.2 Å². The Kier molecular flexibility index (Phi) is 5.00. The molecule has 0 aromatic heterocycles. The zero-order chi connectivity index (χ0) is 13.8. The Morgan fingerprint density at radius 2 is 1.89 bits per heavy atom. The van der Waals surface area contributed by atoms with E-state index in [0.717, 1.165) is 5.92 Å². The van der Waals surface area contributed by atoms with Crippen molar-refractivity contribution in [3.63, 3.8) is 0 Å². The molecule has 0 saturated carbocycles. The highest BCUT2D eigenvalue weighted by atomic mass is 15.1. The fourth-order valence-corrected chi connectivity index (χ4v) is 3.10. The molecule has 1 aromatic carbocycles. The van der Waals surface area contributed by atoms with Gasteiger partial charge in [0.2, 0.25) is 0 Å². The van der Waals surface area contributed by atoms with Gasteiger partial charge in [-0.25, -0.2) is 0 Å². The molecule has 0 spiro atoms. The summed E-state index contributed by atoms with van der Waals surface area (Å²) in [5.41, 5.74) is 2.72. The van der Waals surface area contributed by atoms with E-state index in [1.165, 1.54) is 37.1 Å². The van der Waals surface area contributed by atoms with Crippen molar-refractivity contribution in [2.75, 3.05) is 20.1 Å². The third-order valence-electron chi connectivity index (χ3n) is 4.46. The first-order valence-electron chi connectivity index (χ1n) is 7.57. The van der Waals surface area contributed by atoms with Crippen LogP contribution in [-0.2, 0) is 0 Å². The van der Waals surface area contributed by atoms with E-state index >= 15 is 0 Å². The van der Waals surface area contributed by atoms with Crippen molar-refractivity contribution in [1.82, 2.24) is 10.2 Å². The summed E-state index contributed by atoms with van der Waals surface area (Å²) in [5.74, 6) is 0.784. The number of benzene rings is 1. The van der Waals surface area contributed by atoms with E-state index in [0.29, 0.717) is 12.1 Å². The number of rotatable bonds is 4. The molecule has 1 aliphatic rings. The average Bonchev–Trinajstić information content (AvgIpc) is 2.39. The van der Waals surface area contributed by atoms with Crippen LogP contribution in [0.25, 0.3) is 0 Å². The molecule has 2 rings (SSSR count). The Hall–Kier alpha value is -0.860. The molecule has 1 aromatic rings. The lowest BCUT2D eigenvalue weighted by atomic mass is 9.91. The lowest BCUT2D eigenvalue weighted by molar-refractivity contribution is 0.174. The van der Waals surface area contributed by atoms with E-state index in [9.17, 15) is 0 Å². The van der Waals surface area contributed by atoms with E-state index in [-0.39, 0.29) is 0 Å². The highest BCUT2D eigenvalue weighted by molar-refractivity contribution is 5.23. The fraction of sp³-hybridized carbons (Fsp3) is 0.647. The van der Waals surface area contributed by atoms with Crippen LogP contribution in [-0.4, -0.2) is 31.1 Å². The van der Waals surface area contributed by atoms with E-state index < -0.39 is 0 Å². The summed E-state index contributed by atoms with van der Waals surface area (Å²) in [5, 5.41) is 3.78. The Morgan fingerprint density at radius 1 is 1.21 bits per heavy atom. The van der Waals surface area contributed by atoms with Gasteiger partial charge in [0, 0.05) is 18.6 Å². The Balaban J connectivity index is 1.90. The zero-order valence-electron chi connectivity index (χ0n) is 12.8. The predicted molar refractivity (Wildman–Crippen MR) is 82.4 cm³/mol. The summed E-state index contributed by atoms with van der Waals surface area (Å²) in [6, 6.07) is 9.90. The van der Waals surface area contributed by atoms with Gasteiger partial charge in [0.25, 0.3) is 0 Å². The van der Waals surface area contributed by atoms with Crippen LogP contribution in [0, 0.1) is 12.8 Å². The van der Waals surface area contributed by atoms with Crippen molar-refractivity contribution in [3.05, 3.63) is 35.4 Å². The van der Waals surface area contributed by atoms with Gasteiger partial charge in [-0.3, -0.25) is 0 Å². The number of aryl methyl sites for hydroxylation is 1. The third-order valence-corrected chi connectivity index (χ3v) is 4.46. The number of nitrogens with one attached hydrogen (secondary N) is 1. The first-order valence-corrected chi connectivity index (χ1v) is 7.57. The minimum absolute atomic E-state index is 0.433. The molecular weight excluding hydrogens is 232 g/mol. The summed E-state index contributed by atoms with van der Waals surface area (Å²) in [6.45, 7) is 9.25. The summed E-state index contributed by atoms with van der Waals surface area (Å²) in [7, 11) is 2.24. The maximum Gasteiger partial charge on any atom is 0.0294 e. The van der Waals surface area contributed by atoms with Crippen LogP contribution in [0.4, 0.5) is 0 Å². The number of hydrogen-bond acceptors (Lipinski definition) is 2. The van der Waals surface area contributed by atoms with Crippen molar-refractivity contribution in [3.8, 4) is 0 Å². The monoisotopic (exact) mass is 260 g/mol. The predicted octanol–water partition coefficient (Wildman–Crippen LogP) is 3.38. The maximum atomic E-state index is 3.78. The average molecular weight is 260 g/mol. The second kappa shape index (κ2) is 6.53. The normalized spacial score (nSPS) is 24.1. The van der Waals surface area contributed by atoms with Crippen molar-refractivity contribution >= 4 is 0 Å². The molecule has 1 N–H and O–H groups in total. The molecule has 106 valence electrons. The smallest absolute Gasteiger partial charge is 0.0294 e. The van der Waals surface area contributed by atoms with Gasteiger partial charge >= 0.3 is 0 Å². The van der Waals surface area contributed by atoms with Gasteiger partial charge in [0.15, 0.2) is 0 Å². The van der Waals surface area contributed by atoms with Crippen molar-refractivity contribution < 1.29 is 0 Å². The second-order valence-corrected chi connectivity index (χ2v) is 6.25. The van der Waals surface area contributed by atoms with Crippen LogP contribution in [0.5, 0.6) is 0 Å². The molecule has 3 atom stereocenters. The van der Waals surface area contributed by atoms with Crippen LogP contribution in [0.2, 0.25) is 0 Å². The standard InChI is InChI=1S/C17H28N2/c1-13-7-9-16(10-8-13)14(2)18-15(3)17-6-5-11-19(4)12-17/h7-10,14-15,17-18H,5-6,11-12H2,1-4H3. The molecule has 1 heterocycles. The van der Waals surface area contributed by atoms with E-state index in [1.54, 1.807) is 0 Å². The fourth-order valence-electron chi connectivity index (χ4n) is 3.10. The maximum absolute atomic E-state index is 3.78. The highest BCUT2D eigenvalue weighted by Gasteiger charge is 2.23.